The van der Waals surface area contributed by atoms with Gasteiger partial charge in [-0.25, -0.2) is 0 Å². The van der Waals surface area contributed by atoms with Crippen molar-refractivity contribution in [1.82, 2.24) is 15.2 Å². The minimum Gasteiger partial charge on any atom is -0.493 e. The number of nitrogens with zero attached hydrogens (tertiary/aromatic N) is 2. The van der Waals surface area contributed by atoms with Crippen LogP contribution >= 0.6 is 11.6 Å². The zero-order valence-corrected chi connectivity index (χ0v) is 20.2. The van der Waals surface area contributed by atoms with Crippen LogP contribution in [0.1, 0.15) is 23.7 Å². The lowest BCUT2D eigenvalue weighted by atomic mass is 10.1. The van der Waals surface area contributed by atoms with Crippen molar-refractivity contribution in [3.8, 4) is 11.5 Å². The first-order valence-electron chi connectivity index (χ1n) is 10.8. The third-order valence-corrected chi connectivity index (χ3v) is 5.66. The zero-order valence-electron chi connectivity index (χ0n) is 19.5. The van der Waals surface area contributed by atoms with E-state index in [0.29, 0.717) is 16.5 Å². The van der Waals surface area contributed by atoms with E-state index in [1.54, 1.807) is 56.5 Å². The summed E-state index contributed by atoms with van der Waals surface area (Å²) in [4.78, 5) is 32.1. The maximum Gasteiger partial charge on any atom is 0.242 e. The van der Waals surface area contributed by atoms with Crippen LogP contribution < -0.4 is 14.8 Å². The van der Waals surface area contributed by atoms with E-state index in [2.05, 4.69) is 10.3 Å². The van der Waals surface area contributed by atoms with E-state index >= 15 is 0 Å². The number of amides is 2. The molecule has 0 unspecified atom stereocenters. The second-order valence-corrected chi connectivity index (χ2v) is 8.17. The molecule has 1 atom stereocenters. The molecule has 0 fully saturated rings. The molecule has 178 valence electrons. The van der Waals surface area contributed by atoms with Gasteiger partial charge in [-0.2, -0.15) is 0 Å². The summed E-state index contributed by atoms with van der Waals surface area (Å²) in [5, 5.41) is 3.48. The smallest absolute Gasteiger partial charge is 0.242 e. The van der Waals surface area contributed by atoms with Gasteiger partial charge >= 0.3 is 0 Å². The van der Waals surface area contributed by atoms with Crippen LogP contribution in [0.15, 0.2) is 66.9 Å². The van der Waals surface area contributed by atoms with Crippen LogP contribution in [0.5, 0.6) is 11.5 Å². The van der Waals surface area contributed by atoms with Crippen LogP contribution in [0, 0.1) is 0 Å². The maximum absolute atomic E-state index is 13.4. The number of pyridine rings is 1. The fourth-order valence-corrected chi connectivity index (χ4v) is 3.59. The Balaban J connectivity index is 1.78. The van der Waals surface area contributed by atoms with Gasteiger partial charge < -0.3 is 19.7 Å². The van der Waals surface area contributed by atoms with Gasteiger partial charge in [0.05, 0.1) is 32.9 Å². The summed E-state index contributed by atoms with van der Waals surface area (Å²) in [5.74, 6) is 0.667. The number of ether oxygens (including phenoxy) is 2. The Hall–Kier alpha value is -3.58. The van der Waals surface area contributed by atoms with Crippen LogP contribution in [0.3, 0.4) is 0 Å². The molecule has 1 aromatic heterocycles. The predicted octanol–water partition coefficient (Wildman–Crippen LogP) is 4.03. The minimum absolute atomic E-state index is 0.103. The number of carbonyl (C=O) groups is 2. The van der Waals surface area contributed by atoms with Crippen molar-refractivity contribution in [2.24, 2.45) is 0 Å². The monoisotopic (exact) mass is 481 g/mol. The molecule has 0 bridgehead atoms. The molecule has 8 heteroatoms. The van der Waals surface area contributed by atoms with Gasteiger partial charge in [-0.3, -0.25) is 14.6 Å². The Labute approximate surface area is 204 Å². The molecule has 0 spiro atoms. The third kappa shape index (κ3) is 6.71. The number of carbonyl (C=O) groups excluding carboxylic acids is 2. The molecule has 0 aliphatic heterocycles. The van der Waals surface area contributed by atoms with Crippen LogP contribution in [-0.2, 0) is 29.1 Å². The Morgan fingerprint density at radius 1 is 1.00 bits per heavy atom. The number of nitrogens with one attached hydrogen (secondary N) is 1. The number of aromatic nitrogens is 1. The highest BCUT2D eigenvalue weighted by Crippen LogP contribution is 2.28. The zero-order chi connectivity index (χ0) is 24.5. The number of methoxy groups -OCH3 is 2. The van der Waals surface area contributed by atoms with Gasteiger partial charge in [0.15, 0.2) is 11.5 Å². The van der Waals surface area contributed by atoms with Crippen LogP contribution in [0.4, 0.5) is 0 Å². The number of rotatable bonds is 10. The van der Waals surface area contributed by atoms with Gasteiger partial charge in [0.25, 0.3) is 0 Å². The van der Waals surface area contributed by atoms with Crippen molar-refractivity contribution in [3.05, 3.63) is 88.7 Å². The molecule has 34 heavy (non-hydrogen) atoms. The Morgan fingerprint density at radius 3 is 2.35 bits per heavy atom. The second kappa shape index (κ2) is 12.0. The molecule has 2 amide bonds. The van der Waals surface area contributed by atoms with Crippen molar-refractivity contribution in [1.29, 1.82) is 0 Å². The topological polar surface area (TPSA) is 80.8 Å². The number of halogens is 1. The molecule has 0 radical (unpaired) electrons. The maximum atomic E-state index is 13.4. The fraction of sp³-hybridized carbons (Fsp3) is 0.269. The van der Waals surface area contributed by atoms with Crippen molar-refractivity contribution in [3.63, 3.8) is 0 Å². The van der Waals surface area contributed by atoms with E-state index in [1.165, 1.54) is 0 Å². The lowest BCUT2D eigenvalue weighted by Crippen LogP contribution is -2.48. The first kappa shape index (κ1) is 25.1. The first-order chi connectivity index (χ1) is 16.4. The number of hydrogen-bond donors (Lipinski definition) is 1. The van der Waals surface area contributed by atoms with Crippen molar-refractivity contribution >= 4 is 23.4 Å². The van der Waals surface area contributed by atoms with E-state index in [4.69, 9.17) is 21.1 Å². The Morgan fingerprint density at radius 2 is 1.71 bits per heavy atom. The van der Waals surface area contributed by atoms with Crippen LogP contribution in [0.25, 0.3) is 0 Å². The van der Waals surface area contributed by atoms with Crippen molar-refractivity contribution in [2.45, 2.75) is 32.5 Å². The van der Waals surface area contributed by atoms with Gasteiger partial charge in [0.1, 0.15) is 6.04 Å². The minimum atomic E-state index is -0.702. The number of hydrogen-bond acceptors (Lipinski definition) is 5. The molecule has 1 N–H and O–H groups in total. The molecule has 2 aromatic carbocycles. The van der Waals surface area contributed by atoms with E-state index in [1.807, 2.05) is 36.4 Å². The lowest BCUT2D eigenvalue weighted by Gasteiger charge is -2.29. The quantitative estimate of drug-likeness (QED) is 0.473. The first-order valence-corrected chi connectivity index (χ1v) is 11.2. The molecule has 0 aliphatic rings. The fourth-order valence-electron chi connectivity index (χ4n) is 3.46. The van der Waals surface area contributed by atoms with E-state index in [9.17, 15) is 9.59 Å². The third-order valence-electron chi connectivity index (χ3n) is 5.41. The van der Waals surface area contributed by atoms with E-state index in [0.717, 1.165) is 16.8 Å². The molecule has 3 aromatic rings. The molecule has 7 nitrogen and oxygen atoms in total. The molecule has 1 heterocycles. The Kier molecular flexibility index (Phi) is 8.87. The van der Waals surface area contributed by atoms with E-state index < -0.39 is 6.04 Å². The molecule has 0 saturated carbocycles. The van der Waals surface area contributed by atoms with Gasteiger partial charge in [-0.15, -0.1) is 0 Å². The normalized spacial score (nSPS) is 11.4. The molecule has 0 saturated heterocycles. The second-order valence-electron chi connectivity index (χ2n) is 7.73. The summed E-state index contributed by atoms with van der Waals surface area (Å²) < 4.78 is 10.6. The summed E-state index contributed by atoms with van der Waals surface area (Å²) in [6, 6.07) is 17.4. The van der Waals surface area contributed by atoms with Gasteiger partial charge in [-0.05, 0) is 54.4 Å². The van der Waals surface area contributed by atoms with Gasteiger partial charge in [-0.1, -0.05) is 35.9 Å². The van der Waals surface area contributed by atoms with Gasteiger partial charge in [0.2, 0.25) is 11.8 Å². The summed E-state index contributed by atoms with van der Waals surface area (Å²) >= 11 is 6.01. The molecular formula is C26H28ClN3O4. The SMILES string of the molecule is COc1ccc(CC(=O)N(Cc2ccc(Cl)cc2)[C@H](C)C(=O)NCc2ccccn2)cc1OC. The summed E-state index contributed by atoms with van der Waals surface area (Å²) in [7, 11) is 3.10. The van der Waals surface area contributed by atoms with E-state index in [-0.39, 0.29) is 31.3 Å². The molecule has 3 rings (SSSR count). The number of benzene rings is 2. The highest BCUT2D eigenvalue weighted by molar-refractivity contribution is 6.30. The largest absolute Gasteiger partial charge is 0.493 e. The highest BCUT2D eigenvalue weighted by Gasteiger charge is 2.26. The average Bonchev–Trinajstić information content (AvgIpc) is 2.86. The standard InChI is InChI=1S/C26H28ClN3O4/c1-18(26(32)29-16-22-6-4-5-13-28-22)30(17-19-7-10-21(27)11-8-19)25(31)15-20-9-12-23(33-2)24(14-20)34-3/h4-14,18H,15-17H2,1-3H3,(H,29,32)/t18-/m1/s1. The predicted molar refractivity (Wildman–Crippen MR) is 131 cm³/mol. The Bertz CT molecular complexity index is 1110. The molecular weight excluding hydrogens is 454 g/mol. The molecule has 0 aliphatic carbocycles. The summed E-state index contributed by atoms with van der Waals surface area (Å²) in [6.45, 7) is 2.26. The van der Waals surface area contributed by atoms with Crippen molar-refractivity contribution in [2.75, 3.05) is 14.2 Å². The van der Waals surface area contributed by atoms with Crippen LogP contribution in [-0.4, -0.2) is 42.0 Å². The van der Waals surface area contributed by atoms with Crippen molar-refractivity contribution < 1.29 is 19.1 Å². The summed E-state index contributed by atoms with van der Waals surface area (Å²) in [5.41, 5.74) is 2.36. The van der Waals surface area contributed by atoms with Crippen LogP contribution in [0.2, 0.25) is 5.02 Å². The van der Waals surface area contributed by atoms with Gasteiger partial charge in [0, 0.05) is 17.8 Å². The highest BCUT2D eigenvalue weighted by atomic mass is 35.5. The summed E-state index contributed by atoms with van der Waals surface area (Å²) in [6.07, 6.45) is 1.77. The lowest BCUT2D eigenvalue weighted by molar-refractivity contribution is -0.140. The average molecular weight is 482 g/mol.